The number of hydrogen-bond acceptors (Lipinski definition) is 3. The number of para-hydroxylation sites is 1. The summed E-state index contributed by atoms with van der Waals surface area (Å²) in [5.41, 5.74) is 0.183. The molecule has 0 unspecified atom stereocenters. The van der Waals surface area contributed by atoms with Crippen LogP contribution in [0.5, 0.6) is 0 Å². The molecular formula is C16H13ClFNO3. The number of benzene rings is 2. The summed E-state index contributed by atoms with van der Waals surface area (Å²) in [5, 5.41) is 2.52. The van der Waals surface area contributed by atoms with Crippen molar-refractivity contribution in [1.29, 1.82) is 0 Å². The molecule has 2 aromatic rings. The zero-order valence-electron chi connectivity index (χ0n) is 11.7. The van der Waals surface area contributed by atoms with Crippen LogP contribution in [0.15, 0.2) is 48.5 Å². The van der Waals surface area contributed by atoms with Crippen LogP contribution in [-0.2, 0) is 9.53 Å². The summed E-state index contributed by atoms with van der Waals surface area (Å²) in [6.07, 6.45) is -1.09. The molecule has 0 aliphatic rings. The minimum absolute atomic E-state index is 0.0688. The van der Waals surface area contributed by atoms with Crippen molar-refractivity contribution in [2.75, 3.05) is 5.32 Å². The number of carbonyl (C=O) groups excluding carboxylic acids is 2. The Morgan fingerprint density at radius 1 is 1.14 bits per heavy atom. The maximum absolute atomic E-state index is 13.6. The van der Waals surface area contributed by atoms with E-state index in [9.17, 15) is 14.0 Å². The van der Waals surface area contributed by atoms with Gasteiger partial charge in [0, 0.05) is 5.69 Å². The second-order valence-corrected chi connectivity index (χ2v) is 4.91. The predicted molar refractivity (Wildman–Crippen MR) is 81.4 cm³/mol. The Balaban J connectivity index is 2.03. The normalized spacial score (nSPS) is 11.6. The quantitative estimate of drug-likeness (QED) is 0.874. The first-order valence-corrected chi connectivity index (χ1v) is 6.87. The maximum atomic E-state index is 13.6. The number of hydrogen-bond donors (Lipinski definition) is 1. The molecule has 0 aliphatic heterocycles. The van der Waals surface area contributed by atoms with Gasteiger partial charge >= 0.3 is 5.97 Å². The van der Waals surface area contributed by atoms with Crippen molar-refractivity contribution >= 4 is 29.2 Å². The lowest BCUT2D eigenvalue weighted by molar-refractivity contribution is -0.123. The third-order valence-corrected chi connectivity index (χ3v) is 3.18. The molecular weight excluding hydrogens is 309 g/mol. The van der Waals surface area contributed by atoms with Crippen LogP contribution in [-0.4, -0.2) is 18.0 Å². The van der Waals surface area contributed by atoms with E-state index < -0.39 is 23.8 Å². The van der Waals surface area contributed by atoms with Crippen LogP contribution in [0, 0.1) is 5.82 Å². The molecule has 0 aliphatic carbocycles. The predicted octanol–water partition coefficient (Wildman–Crippen LogP) is 3.66. The molecule has 1 atom stereocenters. The molecule has 0 heterocycles. The minimum Gasteiger partial charge on any atom is -0.449 e. The standard InChI is InChI=1S/C16H13ClFNO3/c1-10(15(20)19-11-6-3-2-4-7-11)22-16(21)14-12(17)8-5-9-13(14)18/h2-10H,1H3,(H,19,20)/t10-/m0/s1. The summed E-state index contributed by atoms with van der Waals surface area (Å²) in [7, 11) is 0. The van der Waals surface area contributed by atoms with Crippen LogP contribution in [0.25, 0.3) is 0 Å². The van der Waals surface area contributed by atoms with Crippen molar-refractivity contribution in [3.63, 3.8) is 0 Å². The number of anilines is 1. The van der Waals surface area contributed by atoms with E-state index in [1.54, 1.807) is 30.3 Å². The Hall–Kier alpha value is -2.40. The van der Waals surface area contributed by atoms with E-state index in [0.717, 1.165) is 6.07 Å². The van der Waals surface area contributed by atoms with Crippen molar-refractivity contribution in [1.82, 2.24) is 0 Å². The van der Waals surface area contributed by atoms with Gasteiger partial charge in [0.05, 0.1) is 5.02 Å². The average molecular weight is 322 g/mol. The van der Waals surface area contributed by atoms with E-state index in [1.807, 2.05) is 0 Å². The number of carbonyl (C=O) groups is 2. The molecule has 1 amide bonds. The molecule has 22 heavy (non-hydrogen) atoms. The Kier molecular flexibility index (Phi) is 5.12. The summed E-state index contributed by atoms with van der Waals surface area (Å²) >= 11 is 5.78. The second-order valence-electron chi connectivity index (χ2n) is 4.50. The Morgan fingerprint density at radius 2 is 1.82 bits per heavy atom. The maximum Gasteiger partial charge on any atom is 0.343 e. The van der Waals surface area contributed by atoms with Crippen LogP contribution < -0.4 is 5.32 Å². The van der Waals surface area contributed by atoms with Crippen molar-refractivity contribution < 1.29 is 18.7 Å². The summed E-state index contributed by atoms with van der Waals surface area (Å²) in [6.45, 7) is 1.39. The van der Waals surface area contributed by atoms with Gasteiger partial charge in [0.1, 0.15) is 11.4 Å². The van der Waals surface area contributed by atoms with Gasteiger partial charge in [-0.05, 0) is 31.2 Å². The highest BCUT2D eigenvalue weighted by molar-refractivity contribution is 6.33. The zero-order valence-corrected chi connectivity index (χ0v) is 12.4. The summed E-state index contributed by atoms with van der Waals surface area (Å²) in [4.78, 5) is 23.9. The van der Waals surface area contributed by atoms with Crippen LogP contribution in [0.1, 0.15) is 17.3 Å². The fourth-order valence-corrected chi connectivity index (χ4v) is 1.97. The Morgan fingerprint density at radius 3 is 2.45 bits per heavy atom. The van der Waals surface area contributed by atoms with Gasteiger partial charge in [-0.2, -0.15) is 0 Å². The minimum atomic E-state index is -1.09. The smallest absolute Gasteiger partial charge is 0.343 e. The van der Waals surface area contributed by atoms with Gasteiger partial charge in [0.2, 0.25) is 0 Å². The van der Waals surface area contributed by atoms with Gasteiger partial charge in [0.15, 0.2) is 6.10 Å². The highest BCUT2D eigenvalue weighted by Gasteiger charge is 2.23. The zero-order chi connectivity index (χ0) is 16.1. The topological polar surface area (TPSA) is 55.4 Å². The first kappa shape index (κ1) is 16.0. The number of ether oxygens (including phenoxy) is 1. The van der Waals surface area contributed by atoms with Crippen molar-refractivity contribution in [2.24, 2.45) is 0 Å². The number of rotatable bonds is 4. The molecule has 0 saturated heterocycles. The molecule has 4 nitrogen and oxygen atoms in total. The highest BCUT2D eigenvalue weighted by Crippen LogP contribution is 2.20. The van der Waals surface area contributed by atoms with E-state index >= 15 is 0 Å². The molecule has 0 aromatic heterocycles. The number of nitrogens with one attached hydrogen (secondary N) is 1. The number of halogens is 2. The SMILES string of the molecule is C[C@H](OC(=O)c1c(F)cccc1Cl)C(=O)Nc1ccccc1. The molecule has 2 aromatic carbocycles. The van der Waals surface area contributed by atoms with E-state index in [-0.39, 0.29) is 10.6 Å². The lowest BCUT2D eigenvalue weighted by Gasteiger charge is -2.14. The molecule has 114 valence electrons. The van der Waals surface area contributed by atoms with E-state index in [2.05, 4.69) is 5.32 Å². The lowest BCUT2D eigenvalue weighted by Crippen LogP contribution is -2.30. The summed E-state index contributed by atoms with van der Waals surface area (Å²) < 4.78 is 18.6. The van der Waals surface area contributed by atoms with Crippen molar-refractivity contribution in [3.8, 4) is 0 Å². The number of amides is 1. The molecule has 0 bridgehead atoms. The van der Waals surface area contributed by atoms with Gasteiger partial charge in [-0.3, -0.25) is 4.79 Å². The second kappa shape index (κ2) is 7.04. The van der Waals surface area contributed by atoms with Gasteiger partial charge in [-0.25, -0.2) is 9.18 Å². The van der Waals surface area contributed by atoms with Crippen LogP contribution in [0.2, 0.25) is 5.02 Å². The molecule has 0 fully saturated rings. The molecule has 2 rings (SSSR count). The molecule has 0 radical (unpaired) electrons. The summed E-state index contributed by atoms with van der Waals surface area (Å²) in [5.74, 6) is -2.31. The first-order valence-electron chi connectivity index (χ1n) is 6.50. The molecule has 0 saturated carbocycles. The van der Waals surface area contributed by atoms with Crippen LogP contribution in [0.3, 0.4) is 0 Å². The van der Waals surface area contributed by atoms with Crippen molar-refractivity contribution in [3.05, 3.63) is 64.9 Å². The third-order valence-electron chi connectivity index (χ3n) is 2.86. The fourth-order valence-electron chi connectivity index (χ4n) is 1.73. The van der Waals surface area contributed by atoms with E-state index in [0.29, 0.717) is 5.69 Å². The molecule has 6 heteroatoms. The first-order chi connectivity index (χ1) is 10.5. The largest absolute Gasteiger partial charge is 0.449 e. The van der Waals surface area contributed by atoms with E-state index in [4.69, 9.17) is 16.3 Å². The van der Waals surface area contributed by atoms with E-state index in [1.165, 1.54) is 19.1 Å². The Labute approximate surface area is 131 Å². The monoisotopic (exact) mass is 321 g/mol. The van der Waals surface area contributed by atoms with Crippen LogP contribution in [0.4, 0.5) is 10.1 Å². The summed E-state index contributed by atoms with van der Waals surface area (Å²) in [6, 6.07) is 12.5. The highest BCUT2D eigenvalue weighted by atomic mass is 35.5. The van der Waals surface area contributed by atoms with Gasteiger partial charge < -0.3 is 10.1 Å². The number of esters is 1. The van der Waals surface area contributed by atoms with Gasteiger partial charge in [-0.15, -0.1) is 0 Å². The average Bonchev–Trinajstić information content (AvgIpc) is 2.48. The molecule has 1 N–H and O–H groups in total. The lowest BCUT2D eigenvalue weighted by atomic mass is 10.2. The fraction of sp³-hybridized carbons (Fsp3) is 0.125. The molecule has 0 spiro atoms. The van der Waals surface area contributed by atoms with Gasteiger partial charge in [-0.1, -0.05) is 35.9 Å². The van der Waals surface area contributed by atoms with Crippen LogP contribution >= 0.6 is 11.6 Å². The van der Waals surface area contributed by atoms with Gasteiger partial charge in [0.25, 0.3) is 5.91 Å². The Bertz CT molecular complexity index is 671. The van der Waals surface area contributed by atoms with Crippen molar-refractivity contribution in [2.45, 2.75) is 13.0 Å². The third kappa shape index (κ3) is 3.83.